The van der Waals surface area contributed by atoms with Gasteiger partial charge in [0.2, 0.25) is 0 Å². The van der Waals surface area contributed by atoms with Crippen molar-refractivity contribution in [3.63, 3.8) is 0 Å². The first kappa shape index (κ1) is 8.74. The number of anilines is 1. The Hall–Kier alpha value is -1.84. The summed E-state index contributed by atoms with van der Waals surface area (Å²) >= 11 is 0. The molecule has 4 heteroatoms. The number of aromatic carboxylic acids is 1. The molecule has 14 heavy (non-hydrogen) atoms. The van der Waals surface area contributed by atoms with Gasteiger partial charge in [0.15, 0.2) is 5.78 Å². The van der Waals surface area contributed by atoms with Crippen molar-refractivity contribution in [2.75, 3.05) is 5.73 Å². The lowest BCUT2D eigenvalue weighted by Crippen LogP contribution is -2.07. The number of carbonyl (C=O) groups is 2. The van der Waals surface area contributed by atoms with E-state index in [0.29, 0.717) is 18.4 Å². The topological polar surface area (TPSA) is 80.4 Å². The number of hydrogen-bond acceptors (Lipinski definition) is 3. The number of carboxylic acids is 1. The van der Waals surface area contributed by atoms with Crippen LogP contribution in [0.25, 0.3) is 0 Å². The lowest BCUT2D eigenvalue weighted by molar-refractivity contribution is 0.0698. The highest BCUT2D eigenvalue weighted by atomic mass is 16.4. The van der Waals surface area contributed by atoms with E-state index in [1.165, 1.54) is 6.07 Å². The smallest absolute Gasteiger partial charge is 0.337 e. The van der Waals surface area contributed by atoms with E-state index in [-0.39, 0.29) is 17.0 Å². The molecule has 0 heterocycles. The minimum atomic E-state index is -1.09. The van der Waals surface area contributed by atoms with Gasteiger partial charge in [0.25, 0.3) is 0 Å². The molecule has 72 valence electrons. The molecular formula is C10H9NO3. The van der Waals surface area contributed by atoms with E-state index in [1.807, 2.05) is 0 Å². The molecule has 2 rings (SSSR count). The molecule has 1 aliphatic carbocycles. The first-order valence-electron chi connectivity index (χ1n) is 4.29. The molecule has 0 aromatic heterocycles. The van der Waals surface area contributed by atoms with Crippen molar-refractivity contribution in [3.8, 4) is 0 Å². The van der Waals surface area contributed by atoms with Crippen molar-refractivity contribution in [3.05, 3.63) is 28.8 Å². The highest BCUT2D eigenvalue weighted by Crippen LogP contribution is 2.29. The summed E-state index contributed by atoms with van der Waals surface area (Å²) in [7, 11) is 0. The Morgan fingerprint density at radius 2 is 2.07 bits per heavy atom. The molecule has 0 atom stereocenters. The number of rotatable bonds is 1. The van der Waals surface area contributed by atoms with Crippen LogP contribution in [0.3, 0.4) is 0 Å². The van der Waals surface area contributed by atoms with Crippen LogP contribution in [0.5, 0.6) is 0 Å². The van der Waals surface area contributed by atoms with Gasteiger partial charge in [-0.15, -0.1) is 0 Å². The number of nitrogen functional groups attached to an aromatic ring is 1. The molecule has 0 fully saturated rings. The van der Waals surface area contributed by atoms with E-state index in [0.717, 1.165) is 5.56 Å². The molecule has 0 amide bonds. The number of aryl methyl sites for hydroxylation is 1. The highest BCUT2D eigenvalue weighted by Gasteiger charge is 2.25. The second-order valence-corrected chi connectivity index (χ2v) is 3.29. The van der Waals surface area contributed by atoms with Gasteiger partial charge < -0.3 is 10.8 Å². The molecule has 0 saturated carbocycles. The Morgan fingerprint density at radius 1 is 1.36 bits per heavy atom. The summed E-state index contributed by atoms with van der Waals surface area (Å²) in [5.41, 5.74) is 7.01. The Kier molecular flexibility index (Phi) is 1.77. The number of carboxylic acid groups (broad SMARTS) is 1. The molecule has 0 bridgehead atoms. The summed E-state index contributed by atoms with van der Waals surface area (Å²) in [5.74, 6) is -1.15. The third kappa shape index (κ3) is 1.08. The molecule has 0 spiro atoms. The van der Waals surface area contributed by atoms with Crippen LogP contribution in [0.4, 0.5) is 5.69 Å². The number of benzene rings is 1. The summed E-state index contributed by atoms with van der Waals surface area (Å²) in [6.07, 6.45) is 1.10. The number of ketones is 1. The monoisotopic (exact) mass is 191 g/mol. The van der Waals surface area contributed by atoms with Crippen molar-refractivity contribution in [1.82, 2.24) is 0 Å². The Morgan fingerprint density at radius 3 is 2.71 bits per heavy atom. The SMILES string of the molecule is Nc1c(C(=O)O)ccc2c1C(=O)CC2. The van der Waals surface area contributed by atoms with Crippen LogP contribution in [-0.4, -0.2) is 16.9 Å². The van der Waals surface area contributed by atoms with E-state index >= 15 is 0 Å². The van der Waals surface area contributed by atoms with Crippen molar-refractivity contribution in [1.29, 1.82) is 0 Å². The summed E-state index contributed by atoms with van der Waals surface area (Å²) < 4.78 is 0. The quantitative estimate of drug-likeness (QED) is 0.651. The zero-order valence-corrected chi connectivity index (χ0v) is 7.41. The number of Topliss-reactive ketones (excluding diaryl/α,β-unsaturated/α-hetero) is 1. The Balaban J connectivity index is 2.67. The van der Waals surface area contributed by atoms with Crippen LogP contribution >= 0.6 is 0 Å². The molecule has 0 radical (unpaired) electrons. The number of carbonyl (C=O) groups excluding carboxylic acids is 1. The van der Waals surface area contributed by atoms with Crippen molar-refractivity contribution >= 4 is 17.4 Å². The van der Waals surface area contributed by atoms with Crippen LogP contribution in [-0.2, 0) is 6.42 Å². The maximum Gasteiger partial charge on any atom is 0.337 e. The molecule has 4 nitrogen and oxygen atoms in total. The van der Waals surface area contributed by atoms with Gasteiger partial charge in [-0.25, -0.2) is 4.79 Å². The van der Waals surface area contributed by atoms with Gasteiger partial charge in [-0.2, -0.15) is 0 Å². The van der Waals surface area contributed by atoms with Gasteiger partial charge in [-0.05, 0) is 18.1 Å². The summed E-state index contributed by atoms with van der Waals surface area (Å²) in [5, 5.41) is 8.79. The lowest BCUT2D eigenvalue weighted by Gasteiger charge is -2.05. The van der Waals surface area contributed by atoms with Crippen LogP contribution in [0.1, 0.15) is 32.7 Å². The summed E-state index contributed by atoms with van der Waals surface area (Å²) in [6, 6.07) is 3.12. The van der Waals surface area contributed by atoms with Crippen LogP contribution < -0.4 is 5.73 Å². The third-order valence-electron chi connectivity index (χ3n) is 2.46. The number of hydrogen-bond donors (Lipinski definition) is 2. The van der Waals surface area contributed by atoms with Crippen molar-refractivity contribution in [2.24, 2.45) is 0 Å². The van der Waals surface area contributed by atoms with E-state index in [9.17, 15) is 9.59 Å². The third-order valence-corrected chi connectivity index (χ3v) is 2.46. The molecule has 3 N–H and O–H groups in total. The first-order valence-corrected chi connectivity index (χ1v) is 4.29. The van der Waals surface area contributed by atoms with Gasteiger partial charge in [0.1, 0.15) is 0 Å². The normalized spacial score (nSPS) is 14.1. The zero-order chi connectivity index (χ0) is 10.3. The van der Waals surface area contributed by atoms with E-state index in [2.05, 4.69) is 0 Å². The minimum Gasteiger partial charge on any atom is -0.478 e. The maximum atomic E-state index is 11.4. The Bertz CT molecular complexity index is 437. The molecule has 1 aromatic carbocycles. The van der Waals surface area contributed by atoms with Gasteiger partial charge in [-0.1, -0.05) is 6.07 Å². The molecule has 0 saturated heterocycles. The lowest BCUT2D eigenvalue weighted by atomic mass is 10.0. The van der Waals surface area contributed by atoms with Gasteiger partial charge in [0, 0.05) is 12.0 Å². The standard InChI is InChI=1S/C10H9NO3/c11-9-6(10(13)14)3-1-5-2-4-7(12)8(5)9/h1,3H,2,4,11H2,(H,13,14). The fourth-order valence-electron chi connectivity index (χ4n) is 1.76. The second-order valence-electron chi connectivity index (χ2n) is 3.29. The van der Waals surface area contributed by atoms with E-state index in [4.69, 9.17) is 10.8 Å². The largest absolute Gasteiger partial charge is 0.478 e. The predicted molar refractivity (Wildman–Crippen MR) is 50.5 cm³/mol. The Labute approximate surface area is 80.3 Å². The average molecular weight is 191 g/mol. The first-order chi connectivity index (χ1) is 6.61. The maximum absolute atomic E-state index is 11.4. The fourth-order valence-corrected chi connectivity index (χ4v) is 1.76. The number of fused-ring (bicyclic) bond motifs is 1. The minimum absolute atomic E-state index is 0.0130. The van der Waals surface area contributed by atoms with E-state index in [1.54, 1.807) is 6.07 Å². The predicted octanol–water partition coefficient (Wildman–Crippen LogP) is 1.10. The molecule has 0 aliphatic heterocycles. The molecule has 1 aliphatic rings. The van der Waals surface area contributed by atoms with Gasteiger partial charge >= 0.3 is 5.97 Å². The molecular weight excluding hydrogens is 182 g/mol. The van der Waals surface area contributed by atoms with Gasteiger partial charge in [-0.3, -0.25) is 4.79 Å². The molecule has 0 unspecified atom stereocenters. The number of nitrogens with two attached hydrogens (primary N) is 1. The van der Waals surface area contributed by atoms with Crippen LogP contribution in [0.15, 0.2) is 12.1 Å². The zero-order valence-electron chi connectivity index (χ0n) is 7.41. The highest BCUT2D eigenvalue weighted by molar-refractivity contribution is 6.09. The fraction of sp³-hybridized carbons (Fsp3) is 0.200. The molecule has 1 aromatic rings. The van der Waals surface area contributed by atoms with Crippen molar-refractivity contribution < 1.29 is 14.7 Å². The van der Waals surface area contributed by atoms with Crippen LogP contribution in [0, 0.1) is 0 Å². The van der Waals surface area contributed by atoms with Gasteiger partial charge in [0.05, 0.1) is 11.3 Å². The van der Waals surface area contributed by atoms with Crippen LogP contribution in [0.2, 0.25) is 0 Å². The summed E-state index contributed by atoms with van der Waals surface area (Å²) in [6.45, 7) is 0. The average Bonchev–Trinajstić information content (AvgIpc) is 2.48. The second kappa shape index (κ2) is 2.83. The summed E-state index contributed by atoms with van der Waals surface area (Å²) in [4.78, 5) is 22.1. The van der Waals surface area contributed by atoms with Crippen molar-refractivity contribution in [2.45, 2.75) is 12.8 Å². The van der Waals surface area contributed by atoms with E-state index < -0.39 is 5.97 Å².